The van der Waals surface area contributed by atoms with Crippen molar-refractivity contribution in [2.45, 2.75) is 13.3 Å². The minimum absolute atomic E-state index is 0.0332. The zero-order chi connectivity index (χ0) is 11.3. The van der Waals surface area contributed by atoms with E-state index in [9.17, 15) is 0 Å². The quantitative estimate of drug-likeness (QED) is 0.588. The first-order valence-electron chi connectivity index (χ1n) is 4.80. The van der Waals surface area contributed by atoms with Crippen LogP contribution in [0.3, 0.4) is 0 Å². The molecule has 1 aromatic heterocycles. The fourth-order valence-electron chi connectivity index (χ4n) is 1.24. The maximum Gasteiger partial charge on any atom is 0.232 e. The van der Waals surface area contributed by atoms with E-state index in [4.69, 9.17) is 16.6 Å². The number of aromatic nitrogens is 3. The standard InChI is InChI=1S/C8H16N6O/c1-2-3-14(4-5-15)8-12-6(9)11-7(10)13-8/h15H,2-5H2,1H3,(H4,9,10,11,12,13). The van der Waals surface area contributed by atoms with Crippen molar-refractivity contribution in [3.63, 3.8) is 0 Å². The fourth-order valence-corrected chi connectivity index (χ4v) is 1.24. The summed E-state index contributed by atoms with van der Waals surface area (Å²) in [5.41, 5.74) is 10.9. The summed E-state index contributed by atoms with van der Waals surface area (Å²) >= 11 is 0. The highest BCUT2D eigenvalue weighted by atomic mass is 16.3. The molecule has 0 fully saturated rings. The van der Waals surface area contributed by atoms with Crippen LogP contribution in [0.1, 0.15) is 13.3 Å². The highest BCUT2D eigenvalue weighted by Gasteiger charge is 2.10. The lowest BCUT2D eigenvalue weighted by molar-refractivity contribution is 0.301. The van der Waals surface area contributed by atoms with Crippen LogP contribution in [0.5, 0.6) is 0 Å². The van der Waals surface area contributed by atoms with E-state index in [1.807, 2.05) is 11.8 Å². The molecule has 0 aromatic carbocycles. The normalized spacial score (nSPS) is 10.3. The van der Waals surface area contributed by atoms with Crippen LogP contribution in [-0.2, 0) is 0 Å². The van der Waals surface area contributed by atoms with E-state index in [-0.39, 0.29) is 18.5 Å². The SMILES string of the molecule is CCCN(CCO)c1nc(N)nc(N)n1. The summed E-state index contributed by atoms with van der Waals surface area (Å²) in [6, 6.07) is 0. The van der Waals surface area contributed by atoms with Crippen molar-refractivity contribution >= 4 is 17.8 Å². The van der Waals surface area contributed by atoms with Crippen molar-refractivity contribution in [3.05, 3.63) is 0 Å². The molecule has 1 aromatic rings. The number of rotatable bonds is 5. The predicted molar refractivity (Wildman–Crippen MR) is 58.2 cm³/mol. The molecule has 0 unspecified atom stereocenters. The van der Waals surface area contributed by atoms with Gasteiger partial charge in [0.25, 0.3) is 0 Å². The van der Waals surface area contributed by atoms with Crippen LogP contribution < -0.4 is 16.4 Å². The first-order chi connectivity index (χ1) is 7.17. The van der Waals surface area contributed by atoms with E-state index in [1.165, 1.54) is 0 Å². The number of nitrogens with zero attached hydrogens (tertiary/aromatic N) is 4. The van der Waals surface area contributed by atoms with Gasteiger partial charge in [-0.05, 0) is 6.42 Å². The van der Waals surface area contributed by atoms with Gasteiger partial charge in [0.1, 0.15) is 0 Å². The van der Waals surface area contributed by atoms with E-state index >= 15 is 0 Å². The molecule has 0 radical (unpaired) electrons. The molecule has 1 rings (SSSR count). The van der Waals surface area contributed by atoms with Gasteiger partial charge in [-0.3, -0.25) is 0 Å². The zero-order valence-electron chi connectivity index (χ0n) is 8.72. The maximum absolute atomic E-state index is 8.89. The second-order valence-electron chi connectivity index (χ2n) is 3.06. The van der Waals surface area contributed by atoms with Gasteiger partial charge in [-0.1, -0.05) is 6.92 Å². The van der Waals surface area contributed by atoms with Crippen LogP contribution in [0.15, 0.2) is 0 Å². The van der Waals surface area contributed by atoms with Gasteiger partial charge in [0, 0.05) is 13.1 Å². The third kappa shape index (κ3) is 3.21. The number of hydrogen-bond acceptors (Lipinski definition) is 7. The number of nitrogens with two attached hydrogens (primary N) is 2. The van der Waals surface area contributed by atoms with Crippen molar-refractivity contribution in [2.75, 3.05) is 36.1 Å². The summed E-state index contributed by atoms with van der Waals surface area (Å²) in [5, 5.41) is 8.89. The van der Waals surface area contributed by atoms with Gasteiger partial charge in [-0.15, -0.1) is 0 Å². The van der Waals surface area contributed by atoms with Gasteiger partial charge in [0.05, 0.1) is 6.61 Å². The molecule has 7 heteroatoms. The molecule has 0 aliphatic rings. The molecule has 1 heterocycles. The Morgan fingerprint density at radius 3 is 2.20 bits per heavy atom. The van der Waals surface area contributed by atoms with Crippen LogP contribution in [0.2, 0.25) is 0 Å². The largest absolute Gasteiger partial charge is 0.395 e. The molecule has 0 atom stereocenters. The van der Waals surface area contributed by atoms with Gasteiger partial charge in [-0.25, -0.2) is 0 Å². The van der Waals surface area contributed by atoms with E-state index < -0.39 is 0 Å². The molecule has 0 saturated carbocycles. The lowest BCUT2D eigenvalue weighted by Crippen LogP contribution is -2.29. The van der Waals surface area contributed by atoms with Gasteiger partial charge < -0.3 is 21.5 Å². The summed E-state index contributed by atoms with van der Waals surface area (Å²) in [5.74, 6) is 0.601. The molecule has 0 bridgehead atoms. The Bertz CT molecular complexity index is 292. The van der Waals surface area contributed by atoms with Crippen molar-refractivity contribution in [1.29, 1.82) is 0 Å². The molecular formula is C8H16N6O. The Balaban J connectivity index is 2.88. The molecular weight excluding hydrogens is 196 g/mol. The summed E-state index contributed by atoms with van der Waals surface area (Å²) in [6.45, 7) is 3.25. The van der Waals surface area contributed by atoms with E-state index in [0.717, 1.165) is 13.0 Å². The van der Waals surface area contributed by atoms with E-state index in [0.29, 0.717) is 12.5 Å². The van der Waals surface area contributed by atoms with Gasteiger partial charge in [-0.2, -0.15) is 15.0 Å². The third-order valence-electron chi connectivity index (χ3n) is 1.80. The number of hydrogen-bond donors (Lipinski definition) is 3. The Morgan fingerprint density at radius 2 is 1.73 bits per heavy atom. The molecule has 5 N–H and O–H groups in total. The Kier molecular flexibility index (Phi) is 4.04. The highest BCUT2D eigenvalue weighted by molar-refractivity contribution is 5.39. The van der Waals surface area contributed by atoms with Crippen LogP contribution >= 0.6 is 0 Å². The Morgan fingerprint density at radius 1 is 1.13 bits per heavy atom. The maximum atomic E-state index is 8.89. The zero-order valence-corrected chi connectivity index (χ0v) is 8.72. The molecule has 84 valence electrons. The van der Waals surface area contributed by atoms with Crippen molar-refractivity contribution in [2.24, 2.45) is 0 Å². The number of aliphatic hydroxyl groups is 1. The molecule has 0 aliphatic carbocycles. The second-order valence-corrected chi connectivity index (χ2v) is 3.06. The first-order valence-corrected chi connectivity index (χ1v) is 4.80. The van der Waals surface area contributed by atoms with Crippen LogP contribution in [-0.4, -0.2) is 39.8 Å². The number of nitrogen functional groups attached to an aromatic ring is 2. The van der Waals surface area contributed by atoms with Gasteiger partial charge >= 0.3 is 0 Å². The average molecular weight is 212 g/mol. The van der Waals surface area contributed by atoms with E-state index in [1.54, 1.807) is 0 Å². The number of aliphatic hydroxyl groups excluding tert-OH is 1. The lowest BCUT2D eigenvalue weighted by Gasteiger charge is -2.20. The van der Waals surface area contributed by atoms with E-state index in [2.05, 4.69) is 15.0 Å². The van der Waals surface area contributed by atoms with Gasteiger partial charge in [0.2, 0.25) is 17.8 Å². The fraction of sp³-hybridized carbons (Fsp3) is 0.625. The Labute approximate surface area is 88.1 Å². The van der Waals surface area contributed by atoms with Crippen LogP contribution in [0.4, 0.5) is 17.8 Å². The van der Waals surface area contributed by atoms with Crippen molar-refractivity contribution in [3.8, 4) is 0 Å². The third-order valence-corrected chi connectivity index (χ3v) is 1.80. The number of anilines is 3. The lowest BCUT2D eigenvalue weighted by atomic mass is 10.4. The molecule has 0 spiro atoms. The molecule has 7 nitrogen and oxygen atoms in total. The first kappa shape index (κ1) is 11.4. The molecule has 0 aliphatic heterocycles. The highest BCUT2D eigenvalue weighted by Crippen LogP contribution is 2.10. The van der Waals surface area contributed by atoms with Crippen LogP contribution in [0, 0.1) is 0 Å². The summed E-state index contributed by atoms with van der Waals surface area (Å²) < 4.78 is 0. The monoisotopic (exact) mass is 212 g/mol. The minimum atomic E-state index is 0.0332. The Hall–Kier alpha value is -1.63. The molecule has 0 saturated heterocycles. The summed E-state index contributed by atoms with van der Waals surface area (Å²) in [4.78, 5) is 13.4. The van der Waals surface area contributed by atoms with Gasteiger partial charge in [0.15, 0.2) is 0 Å². The van der Waals surface area contributed by atoms with Crippen molar-refractivity contribution in [1.82, 2.24) is 15.0 Å². The topological polar surface area (TPSA) is 114 Å². The summed E-state index contributed by atoms with van der Waals surface area (Å²) in [6.07, 6.45) is 0.922. The smallest absolute Gasteiger partial charge is 0.232 e. The van der Waals surface area contributed by atoms with Crippen LogP contribution in [0.25, 0.3) is 0 Å². The van der Waals surface area contributed by atoms with Crippen molar-refractivity contribution < 1.29 is 5.11 Å². The predicted octanol–water partition coefficient (Wildman–Crippen LogP) is -0.755. The summed E-state index contributed by atoms with van der Waals surface area (Å²) in [7, 11) is 0. The molecule has 0 amide bonds. The average Bonchev–Trinajstić information content (AvgIpc) is 2.16. The molecule has 15 heavy (non-hydrogen) atoms. The minimum Gasteiger partial charge on any atom is -0.395 e. The second kappa shape index (κ2) is 5.30.